The molecule has 0 radical (unpaired) electrons. The molecular formula is C17H13NO4. The Morgan fingerprint density at radius 2 is 2.09 bits per heavy atom. The van der Waals surface area contributed by atoms with Gasteiger partial charge in [-0.25, -0.2) is 0 Å². The van der Waals surface area contributed by atoms with Crippen LogP contribution in [0, 0.1) is 5.92 Å². The fourth-order valence-electron chi connectivity index (χ4n) is 3.02. The number of hydrogen-bond acceptors (Lipinski definition) is 4. The van der Waals surface area contributed by atoms with Crippen molar-refractivity contribution in [3.63, 3.8) is 0 Å². The molecule has 0 saturated carbocycles. The summed E-state index contributed by atoms with van der Waals surface area (Å²) in [4.78, 5) is 25.2. The molecule has 1 aliphatic carbocycles. The van der Waals surface area contributed by atoms with Gasteiger partial charge in [0.2, 0.25) is 0 Å². The minimum absolute atomic E-state index is 0.0357. The molecule has 1 aliphatic heterocycles. The van der Waals surface area contributed by atoms with Gasteiger partial charge >= 0.3 is 0 Å². The summed E-state index contributed by atoms with van der Waals surface area (Å²) >= 11 is 0. The molecule has 2 aromatic rings. The van der Waals surface area contributed by atoms with Crippen LogP contribution in [0.1, 0.15) is 6.04 Å². The Labute approximate surface area is 125 Å². The average Bonchev–Trinajstić information content (AvgIpc) is 2.98. The average molecular weight is 295 g/mol. The van der Waals surface area contributed by atoms with Crippen molar-refractivity contribution in [3.8, 4) is 5.75 Å². The molecule has 0 fully saturated rings. The van der Waals surface area contributed by atoms with Crippen molar-refractivity contribution in [2.75, 3.05) is 6.61 Å². The van der Waals surface area contributed by atoms with Crippen molar-refractivity contribution in [1.29, 1.82) is 0 Å². The highest BCUT2D eigenvalue weighted by Crippen LogP contribution is 2.31. The lowest BCUT2D eigenvalue weighted by Crippen LogP contribution is -2.35. The Morgan fingerprint density at radius 1 is 1.23 bits per heavy atom. The maximum atomic E-state index is 12.6. The van der Waals surface area contributed by atoms with Crippen LogP contribution in [0.25, 0.3) is 10.8 Å². The topological polar surface area (TPSA) is 68.5 Å². The normalized spacial score (nSPS) is 23.3. The summed E-state index contributed by atoms with van der Waals surface area (Å²) in [5.74, 6) is -0.222. The van der Waals surface area contributed by atoms with Gasteiger partial charge < -0.3 is 14.4 Å². The first kappa shape index (κ1) is 12.9. The number of carbonyl (C=O) groups excluding carboxylic acids is 1. The second-order valence-corrected chi connectivity index (χ2v) is 5.51. The molecule has 1 aromatic carbocycles. The van der Waals surface area contributed by atoms with E-state index in [4.69, 9.17) is 4.74 Å². The molecular weight excluding hydrogens is 282 g/mol. The molecule has 5 heteroatoms. The van der Waals surface area contributed by atoms with Crippen LogP contribution >= 0.6 is 0 Å². The molecule has 2 unspecified atom stereocenters. The molecule has 0 spiro atoms. The number of aromatic nitrogens is 1. The van der Waals surface area contributed by atoms with Crippen molar-refractivity contribution < 1.29 is 14.6 Å². The van der Waals surface area contributed by atoms with E-state index in [0.717, 1.165) is 5.57 Å². The van der Waals surface area contributed by atoms with Crippen molar-refractivity contribution in [3.05, 3.63) is 64.8 Å². The van der Waals surface area contributed by atoms with Crippen molar-refractivity contribution >= 4 is 16.6 Å². The lowest BCUT2D eigenvalue weighted by atomic mass is 9.87. The number of phenolic OH excluding ortho intramolecular Hbond substituents is 1. The van der Waals surface area contributed by atoms with E-state index in [-0.39, 0.29) is 23.0 Å². The first-order chi connectivity index (χ1) is 10.6. The Morgan fingerprint density at radius 3 is 2.95 bits per heavy atom. The molecule has 110 valence electrons. The zero-order valence-electron chi connectivity index (χ0n) is 11.6. The van der Waals surface area contributed by atoms with Gasteiger partial charge in [-0.15, -0.1) is 0 Å². The highest BCUT2D eigenvalue weighted by molar-refractivity contribution is 5.92. The van der Waals surface area contributed by atoms with Crippen molar-refractivity contribution in [1.82, 2.24) is 4.57 Å². The first-order valence-corrected chi connectivity index (χ1v) is 7.02. The van der Waals surface area contributed by atoms with E-state index in [9.17, 15) is 14.7 Å². The van der Waals surface area contributed by atoms with Crippen LogP contribution in [0.5, 0.6) is 5.75 Å². The summed E-state index contributed by atoms with van der Waals surface area (Å²) in [5, 5.41) is 10.6. The number of fused-ring (bicyclic) bond motifs is 2. The summed E-state index contributed by atoms with van der Waals surface area (Å²) in [7, 11) is 0. The van der Waals surface area contributed by atoms with E-state index >= 15 is 0 Å². The number of phenols is 1. The third-order valence-corrected chi connectivity index (χ3v) is 4.21. The maximum absolute atomic E-state index is 12.6. The molecule has 1 aromatic heterocycles. The predicted molar refractivity (Wildman–Crippen MR) is 80.6 cm³/mol. The number of ether oxygens (including phenoxy) is 1. The molecule has 22 heavy (non-hydrogen) atoms. The number of nitrogens with zero attached hydrogens (tertiary/aromatic N) is 1. The number of pyridine rings is 1. The van der Waals surface area contributed by atoms with Gasteiger partial charge in [0.25, 0.3) is 5.56 Å². The van der Waals surface area contributed by atoms with Gasteiger partial charge in [-0.3, -0.25) is 9.59 Å². The lowest BCUT2D eigenvalue weighted by molar-refractivity contribution is -0.124. The number of ketones is 1. The molecule has 2 atom stereocenters. The van der Waals surface area contributed by atoms with Gasteiger partial charge in [-0.1, -0.05) is 12.2 Å². The number of hydrogen-bond donors (Lipinski definition) is 1. The summed E-state index contributed by atoms with van der Waals surface area (Å²) in [6.07, 6.45) is 6.77. The zero-order valence-corrected chi connectivity index (χ0v) is 11.6. The van der Waals surface area contributed by atoms with Gasteiger partial charge in [0.1, 0.15) is 18.4 Å². The minimum Gasteiger partial charge on any atom is -0.508 e. The Hall–Kier alpha value is -2.82. The van der Waals surface area contributed by atoms with E-state index in [0.29, 0.717) is 17.4 Å². The smallest absolute Gasteiger partial charge is 0.259 e. The van der Waals surface area contributed by atoms with Gasteiger partial charge in [0.05, 0.1) is 12.2 Å². The highest BCUT2D eigenvalue weighted by Gasteiger charge is 2.35. The van der Waals surface area contributed by atoms with E-state index in [1.807, 2.05) is 6.08 Å². The fraction of sp³-hybridized carbons (Fsp3) is 0.176. The summed E-state index contributed by atoms with van der Waals surface area (Å²) in [5.41, 5.74) is 0.617. The number of allylic oxidation sites excluding steroid dienone is 2. The summed E-state index contributed by atoms with van der Waals surface area (Å²) < 4.78 is 6.65. The number of benzene rings is 1. The molecule has 0 bridgehead atoms. The van der Waals surface area contributed by atoms with E-state index in [1.54, 1.807) is 30.7 Å². The Kier molecular flexibility index (Phi) is 2.69. The van der Waals surface area contributed by atoms with Gasteiger partial charge in [0.15, 0.2) is 5.78 Å². The van der Waals surface area contributed by atoms with Gasteiger partial charge in [-0.05, 0) is 29.7 Å². The Bertz CT molecular complexity index is 907. The largest absolute Gasteiger partial charge is 0.508 e. The van der Waals surface area contributed by atoms with E-state index < -0.39 is 6.04 Å². The molecule has 2 aliphatic rings. The molecule has 1 N–H and O–H groups in total. The highest BCUT2D eigenvalue weighted by atomic mass is 16.5. The Balaban J connectivity index is 1.85. The van der Waals surface area contributed by atoms with Crippen LogP contribution in [0.4, 0.5) is 0 Å². The lowest BCUT2D eigenvalue weighted by Gasteiger charge is -2.23. The second-order valence-electron chi connectivity index (χ2n) is 5.51. The molecule has 0 amide bonds. The monoisotopic (exact) mass is 295 g/mol. The van der Waals surface area contributed by atoms with E-state index in [2.05, 4.69) is 0 Å². The van der Waals surface area contributed by atoms with Crippen LogP contribution in [-0.4, -0.2) is 22.1 Å². The SMILES string of the molecule is O=C1C2COC=C2C=CC1n1ccc2cc(O)ccc2c1=O. The predicted octanol–water partition coefficient (Wildman–Crippen LogP) is 1.92. The number of carbonyl (C=O) groups is 1. The summed E-state index contributed by atoms with van der Waals surface area (Å²) in [6, 6.07) is 5.69. The van der Waals surface area contributed by atoms with E-state index in [1.165, 1.54) is 16.7 Å². The third-order valence-electron chi connectivity index (χ3n) is 4.21. The zero-order chi connectivity index (χ0) is 15.3. The van der Waals surface area contributed by atoms with Crippen LogP contribution < -0.4 is 5.56 Å². The van der Waals surface area contributed by atoms with Gasteiger partial charge in [-0.2, -0.15) is 0 Å². The number of Topliss-reactive ketones (excluding diaryl/α,β-unsaturated/α-hetero) is 1. The minimum atomic E-state index is -0.616. The van der Waals surface area contributed by atoms with Crippen LogP contribution in [-0.2, 0) is 9.53 Å². The molecule has 0 saturated heterocycles. The quantitative estimate of drug-likeness (QED) is 0.872. The first-order valence-electron chi connectivity index (χ1n) is 7.02. The third kappa shape index (κ3) is 1.79. The molecule has 2 heterocycles. The molecule has 4 rings (SSSR count). The van der Waals surface area contributed by atoms with Crippen molar-refractivity contribution in [2.24, 2.45) is 5.92 Å². The number of aromatic hydroxyl groups is 1. The number of rotatable bonds is 1. The van der Waals surface area contributed by atoms with Crippen molar-refractivity contribution in [2.45, 2.75) is 6.04 Å². The standard InChI is InChI=1S/C17H13NO4/c19-12-2-3-13-10(7-12)5-6-18(17(13)21)15-4-1-11-8-22-9-14(11)16(15)20/h1-8,14-15,19H,9H2. The fourth-order valence-corrected chi connectivity index (χ4v) is 3.02. The van der Waals surface area contributed by atoms with Crippen LogP contribution in [0.15, 0.2) is 59.2 Å². The summed E-state index contributed by atoms with van der Waals surface area (Å²) in [6.45, 7) is 0.339. The maximum Gasteiger partial charge on any atom is 0.259 e. The second kappa shape index (κ2) is 4.59. The molecule has 5 nitrogen and oxygen atoms in total. The van der Waals surface area contributed by atoms with Gasteiger partial charge in [0, 0.05) is 17.2 Å². The van der Waals surface area contributed by atoms with Crippen LogP contribution in [0.2, 0.25) is 0 Å². The van der Waals surface area contributed by atoms with Crippen LogP contribution in [0.3, 0.4) is 0 Å².